The van der Waals surface area contributed by atoms with Crippen LogP contribution >= 0.6 is 0 Å². The van der Waals surface area contributed by atoms with Gasteiger partial charge < -0.3 is 5.11 Å². The summed E-state index contributed by atoms with van der Waals surface area (Å²) in [5.41, 5.74) is 3.39. The summed E-state index contributed by atoms with van der Waals surface area (Å²) >= 11 is 0. The van der Waals surface area contributed by atoms with Gasteiger partial charge in [0.05, 0.1) is 0 Å². The van der Waals surface area contributed by atoms with Crippen molar-refractivity contribution in [1.29, 1.82) is 0 Å². The van der Waals surface area contributed by atoms with Gasteiger partial charge in [0.15, 0.2) is 0 Å². The highest BCUT2D eigenvalue weighted by Crippen LogP contribution is 2.41. The quantitative estimate of drug-likeness (QED) is 0.481. The SMILES string of the molecule is O=C1CCc2c(ccc3c2c(O)cc2ccccc23)C1Cc1ccccc1. The molecule has 0 radical (unpaired) electrons. The van der Waals surface area contributed by atoms with E-state index in [1.165, 1.54) is 5.56 Å². The third-order valence-corrected chi connectivity index (χ3v) is 5.82. The molecule has 27 heavy (non-hydrogen) atoms. The average molecular weight is 352 g/mol. The largest absolute Gasteiger partial charge is 0.507 e. The van der Waals surface area contributed by atoms with Crippen LogP contribution in [-0.2, 0) is 17.6 Å². The average Bonchev–Trinajstić information content (AvgIpc) is 2.70. The molecule has 132 valence electrons. The second-order valence-corrected chi connectivity index (χ2v) is 7.38. The number of hydrogen-bond donors (Lipinski definition) is 1. The Morgan fingerprint density at radius 3 is 2.48 bits per heavy atom. The zero-order valence-corrected chi connectivity index (χ0v) is 15.0. The number of phenols is 1. The number of rotatable bonds is 2. The van der Waals surface area contributed by atoms with Crippen molar-refractivity contribution in [1.82, 2.24) is 0 Å². The fourth-order valence-corrected chi connectivity index (χ4v) is 4.53. The third-order valence-electron chi connectivity index (χ3n) is 5.82. The molecule has 4 aromatic carbocycles. The Balaban J connectivity index is 1.72. The Morgan fingerprint density at radius 1 is 0.852 bits per heavy atom. The summed E-state index contributed by atoms with van der Waals surface area (Å²) in [6.07, 6.45) is 1.95. The maximum Gasteiger partial charge on any atom is 0.141 e. The zero-order chi connectivity index (χ0) is 18.4. The van der Waals surface area contributed by atoms with Crippen molar-refractivity contribution < 1.29 is 9.90 Å². The van der Waals surface area contributed by atoms with Crippen molar-refractivity contribution in [2.45, 2.75) is 25.2 Å². The van der Waals surface area contributed by atoms with Gasteiger partial charge >= 0.3 is 0 Å². The van der Waals surface area contributed by atoms with Crippen LogP contribution in [0.4, 0.5) is 0 Å². The molecule has 0 bridgehead atoms. The van der Waals surface area contributed by atoms with E-state index >= 15 is 0 Å². The van der Waals surface area contributed by atoms with E-state index in [1.807, 2.05) is 42.5 Å². The second kappa shape index (κ2) is 6.24. The van der Waals surface area contributed by atoms with Gasteiger partial charge in [-0.1, -0.05) is 66.7 Å². The molecule has 1 unspecified atom stereocenters. The van der Waals surface area contributed by atoms with Gasteiger partial charge in [0.1, 0.15) is 11.5 Å². The van der Waals surface area contributed by atoms with E-state index in [1.54, 1.807) is 0 Å². The van der Waals surface area contributed by atoms with Crippen LogP contribution in [0.2, 0.25) is 0 Å². The third kappa shape index (κ3) is 2.60. The van der Waals surface area contributed by atoms with Crippen LogP contribution in [0.3, 0.4) is 0 Å². The lowest BCUT2D eigenvalue weighted by molar-refractivity contribution is -0.120. The molecular weight excluding hydrogens is 332 g/mol. The summed E-state index contributed by atoms with van der Waals surface area (Å²) in [5.74, 6) is 0.478. The zero-order valence-electron chi connectivity index (χ0n) is 15.0. The lowest BCUT2D eigenvalue weighted by Gasteiger charge is -2.26. The maximum atomic E-state index is 12.7. The first-order valence-corrected chi connectivity index (χ1v) is 9.45. The minimum absolute atomic E-state index is 0.133. The smallest absolute Gasteiger partial charge is 0.141 e. The van der Waals surface area contributed by atoms with Crippen LogP contribution < -0.4 is 0 Å². The van der Waals surface area contributed by atoms with E-state index in [9.17, 15) is 9.90 Å². The Morgan fingerprint density at radius 2 is 1.63 bits per heavy atom. The van der Waals surface area contributed by atoms with Gasteiger partial charge in [-0.15, -0.1) is 0 Å². The van der Waals surface area contributed by atoms with Crippen LogP contribution in [0, 0.1) is 0 Å². The summed E-state index contributed by atoms with van der Waals surface area (Å²) < 4.78 is 0. The normalized spacial score (nSPS) is 16.6. The molecule has 0 saturated heterocycles. The van der Waals surface area contributed by atoms with Crippen LogP contribution in [-0.4, -0.2) is 10.9 Å². The second-order valence-electron chi connectivity index (χ2n) is 7.38. The number of fused-ring (bicyclic) bond motifs is 5. The number of carbonyl (C=O) groups excluding carboxylic acids is 1. The van der Waals surface area contributed by atoms with Crippen LogP contribution in [0.25, 0.3) is 21.5 Å². The number of benzene rings is 4. The van der Waals surface area contributed by atoms with Gasteiger partial charge in [-0.3, -0.25) is 4.79 Å². The standard InChI is InChI=1S/C25H20O2/c26-23-13-12-21-19(22(23)14-16-6-2-1-3-7-16)10-11-20-18-9-5-4-8-17(18)15-24(27)25(20)21/h1-11,15,22,27H,12-14H2. The van der Waals surface area contributed by atoms with Gasteiger partial charge in [-0.05, 0) is 51.8 Å². The summed E-state index contributed by atoms with van der Waals surface area (Å²) in [5, 5.41) is 14.9. The molecule has 1 aliphatic rings. The Hall–Kier alpha value is -3.13. The summed E-state index contributed by atoms with van der Waals surface area (Å²) in [6.45, 7) is 0. The van der Waals surface area contributed by atoms with Crippen molar-refractivity contribution in [3.8, 4) is 5.75 Å². The fraction of sp³-hybridized carbons (Fsp3) is 0.160. The first kappa shape index (κ1) is 16.1. The Labute approximate surface area is 158 Å². The lowest BCUT2D eigenvalue weighted by Crippen LogP contribution is -2.22. The minimum Gasteiger partial charge on any atom is -0.507 e. The van der Waals surface area contributed by atoms with E-state index in [0.717, 1.165) is 32.7 Å². The van der Waals surface area contributed by atoms with Crippen molar-refractivity contribution in [2.75, 3.05) is 0 Å². The molecule has 1 atom stereocenters. The molecular formula is C25H20O2. The molecule has 0 aliphatic heterocycles. The van der Waals surface area contributed by atoms with Crippen molar-refractivity contribution in [3.63, 3.8) is 0 Å². The highest BCUT2D eigenvalue weighted by atomic mass is 16.3. The van der Waals surface area contributed by atoms with Crippen LogP contribution in [0.1, 0.15) is 29.0 Å². The number of aryl methyl sites for hydroxylation is 1. The van der Waals surface area contributed by atoms with Gasteiger partial charge in [0.25, 0.3) is 0 Å². The first-order valence-electron chi connectivity index (χ1n) is 9.45. The maximum absolute atomic E-state index is 12.7. The summed E-state index contributed by atoms with van der Waals surface area (Å²) in [6, 6.07) is 24.3. The number of phenolic OH excluding ortho intramolecular Hbond substituents is 1. The van der Waals surface area contributed by atoms with E-state index in [4.69, 9.17) is 0 Å². The van der Waals surface area contributed by atoms with Crippen molar-refractivity contribution in [3.05, 3.63) is 89.5 Å². The number of hydrogen-bond acceptors (Lipinski definition) is 2. The van der Waals surface area contributed by atoms with E-state index in [2.05, 4.69) is 30.3 Å². The lowest BCUT2D eigenvalue weighted by atomic mass is 9.76. The molecule has 0 saturated carbocycles. The summed E-state index contributed by atoms with van der Waals surface area (Å²) in [7, 11) is 0. The van der Waals surface area contributed by atoms with Crippen molar-refractivity contribution in [2.24, 2.45) is 0 Å². The highest BCUT2D eigenvalue weighted by molar-refractivity contribution is 6.12. The molecule has 2 nitrogen and oxygen atoms in total. The molecule has 0 aromatic heterocycles. The molecule has 0 amide bonds. The molecule has 0 heterocycles. The number of ketones is 1. The predicted molar refractivity (Wildman–Crippen MR) is 109 cm³/mol. The molecule has 0 fully saturated rings. The fourth-order valence-electron chi connectivity index (χ4n) is 4.53. The topological polar surface area (TPSA) is 37.3 Å². The van der Waals surface area contributed by atoms with E-state index in [-0.39, 0.29) is 5.92 Å². The van der Waals surface area contributed by atoms with Gasteiger partial charge in [0, 0.05) is 17.7 Å². The molecule has 1 aliphatic carbocycles. The monoisotopic (exact) mass is 352 g/mol. The van der Waals surface area contributed by atoms with Crippen molar-refractivity contribution >= 4 is 27.3 Å². The minimum atomic E-state index is -0.133. The van der Waals surface area contributed by atoms with E-state index in [0.29, 0.717) is 30.8 Å². The molecule has 2 heteroatoms. The number of carbonyl (C=O) groups is 1. The number of aromatic hydroxyl groups is 1. The van der Waals surface area contributed by atoms with Gasteiger partial charge in [0.2, 0.25) is 0 Å². The molecule has 5 rings (SSSR count). The van der Waals surface area contributed by atoms with Crippen LogP contribution in [0.15, 0.2) is 72.8 Å². The molecule has 4 aromatic rings. The first-order chi connectivity index (χ1) is 13.2. The number of Topliss-reactive ketones (excluding diaryl/α,β-unsaturated/α-hetero) is 1. The van der Waals surface area contributed by atoms with Gasteiger partial charge in [-0.2, -0.15) is 0 Å². The van der Waals surface area contributed by atoms with E-state index < -0.39 is 0 Å². The molecule has 0 spiro atoms. The Kier molecular flexibility index (Phi) is 3.71. The predicted octanol–water partition coefficient (Wildman–Crippen LogP) is 5.54. The Bertz CT molecular complexity index is 1180. The summed E-state index contributed by atoms with van der Waals surface area (Å²) in [4.78, 5) is 12.7. The highest BCUT2D eigenvalue weighted by Gasteiger charge is 2.29. The van der Waals surface area contributed by atoms with Crippen LogP contribution in [0.5, 0.6) is 5.75 Å². The van der Waals surface area contributed by atoms with Gasteiger partial charge in [-0.25, -0.2) is 0 Å². The molecule has 1 N–H and O–H groups in total.